The first-order valence-corrected chi connectivity index (χ1v) is 9.38. The summed E-state index contributed by atoms with van der Waals surface area (Å²) in [7, 11) is 0. The number of hydrogen-bond acceptors (Lipinski definition) is 7. The first-order valence-electron chi connectivity index (χ1n) is 7.51. The third kappa shape index (κ3) is 4.02. The van der Waals surface area contributed by atoms with Gasteiger partial charge in [-0.1, -0.05) is 11.3 Å². The highest BCUT2D eigenvalue weighted by Crippen LogP contribution is 2.34. The third-order valence-corrected chi connectivity index (χ3v) is 5.80. The molecule has 10 heteroatoms. The Morgan fingerprint density at radius 1 is 1.24 bits per heavy atom. The van der Waals surface area contributed by atoms with Crippen molar-refractivity contribution in [1.29, 1.82) is 0 Å². The van der Waals surface area contributed by atoms with Crippen molar-refractivity contribution < 1.29 is 18.9 Å². The highest BCUT2D eigenvalue weighted by Gasteiger charge is 2.26. The molecule has 3 rings (SSSR count). The fourth-order valence-electron chi connectivity index (χ4n) is 2.48. The van der Waals surface area contributed by atoms with Crippen LogP contribution in [0.15, 0.2) is 39.2 Å². The minimum Gasteiger partial charge on any atom is -0.459 e. The van der Waals surface area contributed by atoms with Gasteiger partial charge in [0.05, 0.1) is 21.8 Å². The predicted octanol–water partition coefficient (Wildman–Crippen LogP) is 2.33. The molecule has 0 atom stereocenters. The van der Waals surface area contributed by atoms with Gasteiger partial charge in [-0.05, 0) is 23.6 Å². The average Bonchev–Trinajstić information content (AvgIpc) is 3.30. The molecular weight excluding hydrogens is 366 g/mol. The largest absolute Gasteiger partial charge is 0.459 e. The Morgan fingerprint density at radius 2 is 1.96 bits per heavy atom. The molecular formula is C15H15N3O5S2. The summed E-state index contributed by atoms with van der Waals surface area (Å²) >= 11 is 2.22. The first-order chi connectivity index (χ1) is 12.1. The van der Waals surface area contributed by atoms with Crippen molar-refractivity contribution in [3.8, 4) is 0 Å². The highest BCUT2D eigenvalue weighted by atomic mass is 32.2. The second-order valence-corrected chi connectivity index (χ2v) is 7.20. The van der Waals surface area contributed by atoms with Crippen LogP contribution >= 0.6 is 23.1 Å². The summed E-state index contributed by atoms with van der Waals surface area (Å²) < 4.78 is 5.10. The van der Waals surface area contributed by atoms with Crippen LogP contribution in [0, 0.1) is 10.1 Å². The summed E-state index contributed by atoms with van der Waals surface area (Å²) in [6, 6.07) is 4.93. The molecule has 0 bridgehead atoms. The van der Waals surface area contributed by atoms with Crippen LogP contribution in [0.2, 0.25) is 0 Å². The lowest BCUT2D eigenvalue weighted by Crippen LogP contribution is -2.51. The highest BCUT2D eigenvalue weighted by molar-refractivity contribution is 8.00. The van der Waals surface area contributed by atoms with E-state index >= 15 is 0 Å². The van der Waals surface area contributed by atoms with Gasteiger partial charge in [0, 0.05) is 26.2 Å². The van der Waals surface area contributed by atoms with Gasteiger partial charge in [0.2, 0.25) is 5.91 Å². The normalized spacial score (nSPS) is 14.6. The van der Waals surface area contributed by atoms with Gasteiger partial charge in [-0.25, -0.2) is 0 Å². The van der Waals surface area contributed by atoms with Crippen molar-refractivity contribution in [2.45, 2.75) is 4.90 Å². The van der Waals surface area contributed by atoms with Crippen LogP contribution in [0.4, 0.5) is 5.00 Å². The minimum atomic E-state index is -0.434. The van der Waals surface area contributed by atoms with Gasteiger partial charge in [-0.2, -0.15) is 0 Å². The number of carbonyl (C=O) groups is 2. The molecule has 8 nitrogen and oxygen atoms in total. The molecule has 1 aliphatic rings. The predicted molar refractivity (Wildman–Crippen MR) is 92.9 cm³/mol. The second kappa shape index (κ2) is 7.70. The number of hydrogen-bond donors (Lipinski definition) is 0. The Bertz CT molecular complexity index is 766. The molecule has 25 heavy (non-hydrogen) atoms. The van der Waals surface area contributed by atoms with Gasteiger partial charge in [0.25, 0.3) is 5.91 Å². The van der Waals surface area contributed by atoms with Crippen LogP contribution in [0.25, 0.3) is 0 Å². The molecule has 0 N–H and O–H groups in total. The van der Waals surface area contributed by atoms with Gasteiger partial charge in [0.15, 0.2) is 5.76 Å². The summed E-state index contributed by atoms with van der Waals surface area (Å²) in [5, 5.41) is 12.6. The maximum absolute atomic E-state index is 12.3. The molecule has 2 aromatic rings. The maximum atomic E-state index is 12.3. The van der Waals surface area contributed by atoms with Crippen molar-refractivity contribution >= 4 is 39.9 Å². The van der Waals surface area contributed by atoms with E-state index in [1.54, 1.807) is 33.4 Å². The third-order valence-electron chi connectivity index (χ3n) is 3.78. The molecule has 0 aliphatic carbocycles. The van der Waals surface area contributed by atoms with E-state index in [9.17, 15) is 19.7 Å². The topological polar surface area (TPSA) is 96.9 Å². The van der Waals surface area contributed by atoms with E-state index in [2.05, 4.69) is 0 Å². The van der Waals surface area contributed by atoms with E-state index < -0.39 is 4.92 Å². The number of piperazine rings is 1. The molecule has 0 spiro atoms. The molecule has 0 saturated carbocycles. The number of furan rings is 1. The van der Waals surface area contributed by atoms with Crippen molar-refractivity contribution in [2.24, 2.45) is 0 Å². The van der Waals surface area contributed by atoms with Gasteiger partial charge < -0.3 is 14.2 Å². The zero-order valence-corrected chi connectivity index (χ0v) is 14.8. The van der Waals surface area contributed by atoms with E-state index in [0.29, 0.717) is 36.8 Å². The van der Waals surface area contributed by atoms with Crippen LogP contribution in [0.5, 0.6) is 0 Å². The Kier molecular flexibility index (Phi) is 5.39. The summed E-state index contributed by atoms with van der Waals surface area (Å²) in [5.74, 6) is 0.167. The molecule has 2 amide bonds. The van der Waals surface area contributed by atoms with Crippen molar-refractivity contribution in [3.63, 3.8) is 0 Å². The zero-order chi connectivity index (χ0) is 17.8. The van der Waals surface area contributed by atoms with E-state index in [-0.39, 0.29) is 22.6 Å². The zero-order valence-electron chi connectivity index (χ0n) is 13.1. The number of nitrogens with zero attached hydrogens (tertiary/aromatic N) is 3. The van der Waals surface area contributed by atoms with Gasteiger partial charge in [-0.15, -0.1) is 11.8 Å². The van der Waals surface area contributed by atoms with Crippen molar-refractivity contribution in [3.05, 3.63) is 45.7 Å². The van der Waals surface area contributed by atoms with Crippen molar-refractivity contribution in [2.75, 3.05) is 31.9 Å². The lowest BCUT2D eigenvalue weighted by Gasteiger charge is -2.34. The van der Waals surface area contributed by atoms with E-state index in [0.717, 1.165) is 11.3 Å². The molecule has 2 aromatic heterocycles. The van der Waals surface area contributed by atoms with Crippen molar-refractivity contribution in [1.82, 2.24) is 9.80 Å². The minimum absolute atomic E-state index is 0.0617. The second-order valence-electron chi connectivity index (χ2n) is 5.29. The lowest BCUT2D eigenvalue weighted by molar-refractivity contribution is -0.382. The number of amides is 2. The molecule has 0 aromatic carbocycles. The summed E-state index contributed by atoms with van der Waals surface area (Å²) in [5.41, 5.74) is 0. The van der Waals surface area contributed by atoms with Gasteiger partial charge >= 0.3 is 5.00 Å². The van der Waals surface area contributed by atoms with Gasteiger partial charge in [0.1, 0.15) is 0 Å². The molecule has 1 saturated heterocycles. The fraction of sp³-hybridized carbons (Fsp3) is 0.333. The number of rotatable bonds is 5. The molecule has 132 valence electrons. The number of thiophene rings is 1. The summed E-state index contributed by atoms with van der Waals surface area (Å²) in [6.45, 7) is 1.76. The Morgan fingerprint density at radius 3 is 2.60 bits per heavy atom. The SMILES string of the molecule is O=C(CSc1ccsc1[N+](=O)[O-])N1CCN(C(=O)c2ccco2)CC1. The number of carbonyl (C=O) groups excluding carboxylic acids is 2. The standard InChI is InChI=1S/C15H15N3O5S2/c19-13(10-25-12-3-9-24-15(12)18(21)22)16-4-6-17(7-5-16)14(20)11-2-1-8-23-11/h1-3,8-9H,4-7,10H2. The molecule has 1 aliphatic heterocycles. The Hall–Kier alpha value is -2.33. The molecule has 0 unspecified atom stereocenters. The first kappa shape index (κ1) is 17.5. The van der Waals surface area contributed by atoms with E-state index in [4.69, 9.17) is 4.42 Å². The Labute approximate surface area is 151 Å². The van der Waals surface area contributed by atoms with E-state index in [1.165, 1.54) is 18.0 Å². The number of nitro groups is 1. The van der Waals surface area contributed by atoms with E-state index in [1.807, 2.05) is 0 Å². The molecule has 1 fully saturated rings. The fourth-order valence-corrected chi connectivity index (χ4v) is 4.31. The average molecular weight is 381 g/mol. The molecule has 0 radical (unpaired) electrons. The van der Waals surface area contributed by atoms with Gasteiger partial charge in [-0.3, -0.25) is 19.7 Å². The quantitative estimate of drug-likeness (QED) is 0.448. The van der Waals surface area contributed by atoms with Crippen LogP contribution in [-0.4, -0.2) is 58.5 Å². The van der Waals surface area contributed by atoms with Crippen LogP contribution < -0.4 is 0 Å². The Balaban J connectivity index is 1.49. The van der Waals surface area contributed by atoms with Crippen LogP contribution in [-0.2, 0) is 4.79 Å². The summed E-state index contributed by atoms with van der Waals surface area (Å²) in [4.78, 5) is 38.8. The number of thioether (sulfide) groups is 1. The maximum Gasteiger partial charge on any atom is 0.337 e. The van der Waals surface area contributed by atoms with Crippen LogP contribution in [0.3, 0.4) is 0 Å². The smallest absolute Gasteiger partial charge is 0.337 e. The monoisotopic (exact) mass is 381 g/mol. The lowest BCUT2D eigenvalue weighted by atomic mass is 10.3. The van der Waals surface area contributed by atoms with Crippen LogP contribution in [0.1, 0.15) is 10.6 Å². The summed E-state index contributed by atoms with van der Waals surface area (Å²) in [6.07, 6.45) is 1.45. The molecule has 3 heterocycles.